The van der Waals surface area contributed by atoms with Gasteiger partial charge in [-0.1, -0.05) is 13.8 Å². The molecule has 0 bridgehead atoms. The number of fused-ring (bicyclic) bond motifs is 2. The summed E-state index contributed by atoms with van der Waals surface area (Å²) in [5.41, 5.74) is 1.41. The molecule has 0 saturated carbocycles. The molecule has 2 amide bonds. The van der Waals surface area contributed by atoms with Crippen molar-refractivity contribution in [3.63, 3.8) is 0 Å². The number of benzene rings is 1. The van der Waals surface area contributed by atoms with E-state index in [1.807, 2.05) is 19.9 Å². The Hall–Kier alpha value is -2.44. The number of nitrogens with one attached hydrogen (secondary N) is 2. The first-order valence-corrected chi connectivity index (χ1v) is 7.79. The van der Waals surface area contributed by atoms with E-state index >= 15 is 0 Å². The minimum atomic E-state index is -0.171. The minimum Gasteiger partial charge on any atom is -0.486 e. The van der Waals surface area contributed by atoms with Crippen LogP contribution < -0.4 is 25.0 Å². The second-order valence-electron chi connectivity index (χ2n) is 6.04. The van der Waals surface area contributed by atoms with Crippen LogP contribution in [-0.4, -0.2) is 44.7 Å². The van der Waals surface area contributed by atoms with Gasteiger partial charge in [0.1, 0.15) is 19.8 Å². The number of carbonyl (C=O) groups is 2. The number of amides is 2. The first-order chi connectivity index (χ1) is 11.0. The van der Waals surface area contributed by atoms with Gasteiger partial charge in [0.15, 0.2) is 11.5 Å². The van der Waals surface area contributed by atoms with Crippen LogP contribution in [0.3, 0.4) is 0 Å². The van der Waals surface area contributed by atoms with E-state index in [0.717, 1.165) is 5.69 Å². The van der Waals surface area contributed by atoms with Crippen molar-refractivity contribution in [3.05, 3.63) is 12.1 Å². The van der Waals surface area contributed by atoms with Crippen LogP contribution in [0.25, 0.3) is 0 Å². The molecule has 3 rings (SSSR count). The average molecular weight is 319 g/mol. The van der Waals surface area contributed by atoms with Crippen LogP contribution in [0.15, 0.2) is 12.1 Å². The smallest absolute Gasteiger partial charge is 0.246 e. The fourth-order valence-corrected chi connectivity index (χ4v) is 2.53. The van der Waals surface area contributed by atoms with Crippen molar-refractivity contribution in [1.82, 2.24) is 5.32 Å². The fraction of sp³-hybridized carbons (Fsp3) is 0.500. The molecule has 0 fully saturated rings. The van der Waals surface area contributed by atoms with Crippen LogP contribution in [0.5, 0.6) is 11.5 Å². The molecule has 2 N–H and O–H groups in total. The summed E-state index contributed by atoms with van der Waals surface area (Å²) in [6.45, 7) is 5.77. The number of ether oxygens (including phenoxy) is 2. The van der Waals surface area contributed by atoms with Gasteiger partial charge in [-0.15, -0.1) is 0 Å². The van der Waals surface area contributed by atoms with Crippen LogP contribution in [0.4, 0.5) is 11.4 Å². The zero-order chi connectivity index (χ0) is 16.4. The Balaban J connectivity index is 1.81. The molecular weight excluding hydrogens is 298 g/mol. The molecule has 1 aromatic rings. The first kappa shape index (κ1) is 15.5. The maximum atomic E-state index is 12.2. The molecule has 124 valence electrons. The molecule has 1 aromatic carbocycles. The summed E-state index contributed by atoms with van der Waals surface area (Å²) in [5.74, 6) is 1.30. The topological polar surface area (TPSA) is 79.9 Å². The summed E-state index contributed by atoms with van der Waals surface area (Å²) in [5, 5.41) is 5.89. The molecule has 2 aliphatic rings. The van der Waals surface area contributed by atoms with Gasteiger partial charge in [0.25, 0.3) is 0 Å². The summed E-state index contributed by atoms with van der Waals surface area (Å²) in [6.07, 6.45) is 0. The molecule has 23 heavy (non-hydrogen) atoms. The molecule has 7 nitrogen and oxygen atoms in total. The third-order valence-corrected chi connectivity index (χ3v) is 3.69. The number of carbonyl (C=O) groups excluding carboxylic acids is 2. The van der Waals surface area contributed by atoms with Gasteiger partial charge in [-0.2, -0.15) is 0 Å². The van der Waals surface area contributed by atoms with E-state index in [2.05, 4.69) is 10.6 Å². The van der Waals surface area contributed by atoms with E-state index in [-0.39, 0.29) is 24.9 Å². The number of nitrogens with zero attached hydrogens (tertiary/aromatic N) is 1. The normalized spacial score (nSPS) is 16.0. The number of rotatable bonds is 4. The van der Waals surface area contributed by atoms with Crippen molar-refractivity contribution in [2.45, 2.75) is 13.8 Å². The van der Waals surface area contributed by atoms with E-state index < -0.39 is 0 Å². The number of hydrogen-bond donors (Lipinski definition) is 2. The Labute approximate surface area is 134 Å². The lowest BCUT2D eigenvalue weighted by Gasteiger charge is -2.31. The van der Waals surface area contributed by atoms with Crippen molar-refractivity contribution in [2.24, 2.45) is 5.92 Å². The first-order valence-electron chi connectivity index (χ1n) is 7.79. The average Bonchev–Trinajstić information content (AvgIpc) is 2.54. The predicted molar refractivity (Wildman–Crippen MR) is 86.1 cm³/mol. The van der Waals surface area contributed by atoms with Crippen LogP contribution in [0.2, 0.25) is 0 Å². The molecule has 0 aromatic heterocycles. The summed E-state index contributed by atoms with van der Waals surface area (Å²) in [4.78, 5) is 25.8. The van der Waals surface area contributed by atoms with Gasteiger partial charge >= 0.3 is 0 Å². The molecule has 0 radical (unpaired) electrons. The molecule has 0 atom stereocenters. The van der Waals surface area contributed by atoms with E-state index in [0.29, 0.717) is 42.9 Å². The summed E-state index contributed by atoms with van der Waals surface area (Å²) < 4.78 is 11.1. The third-order valence-electron chi connectivity index (χ3n) is 3.69. The Kier molecular flexibility index (Phi) is 4.27. The Morgan fingerprint density at radius 2 is 2.00 bits per heavy atom. The van der Waals surface area contributed by atoms with Gasteiger partial charge in [-0.25, -0.2) is 0 Å². The van der Waals surface area contributed by atoms with Crippen molar-refractivity contribution in [2.75, 3.05) is 43.1 Å². The minimum absolute atomic E-state index is 0.000122. The van der Waals surface area contributed by atoms with E-state index in [1.165, 1.54) is 4.90 Å². The second kappa shape index (κ2) is 6.36. The van der Waals surface area contributed by atoms with E-state index in [1.54, 1.807) is 6.07 Å². The molecular formula is C16H21N3O4. The summed E-state index contributed by atoms with van der Waals surface area (Å²) >= 11 is 0. The second-order valence-corrected chi connectivity index (χ2v) is 6.04. The Morgan fingerprint density at radius 3 is 2.70 bits per heavy atom. The zero-order valence-corrected chi connectivity index (χ0v) is 13.3. The van der Waals surface area contributed by atoms with Gasteiger partial charge < -0.3 is 20.1 Å². The van der Waals surface area contributed by atoms with Gasteiger partial charge in [0.05, 0.1) is 17.9 Å². The molecule has 2 aliphatic heterocycles. The lowest BCUT2D eigenvalue weighted by atomic mass is 10.1. The monoisotopic (exact) mass is 319 g/mol. The zero-order valence-electron chi connectivity index (χ0n) is 13.3. The SMILES string of the molecule is CC(C)CNC(=O)CN1C(=O)CNc2cc3c(cc21)OCCO3. The number of anilines is 2. The maximum absolute atomic E-state index is 12.2. The highest BCUT2D eigenvalue weighted by molar-refractivity contribution is 6.06. The quantitative estimate of drug-likeness (QED) is 0.865. The fourth-order valence-electron chi connectivity index (χ4n) is 2.53. The molecule has 0 aliphatic carbocycles. The Morgan fingerprint density at radius 1 is 1.30 bits per heavy atom. The highest BCUT2D eigenvalue weighted by Gasteiger charge is 2.28. The maximum Gasteiger partial charge on any atom is 0.246 e. The molecule has 7 heteroatoms. The molecule has 2 heterocycles. The van der Waals surface area contributed by atoms with Crippen LogP contribution in [0.1, 0.15) is 13.8 Å². The van der Waals surface area contributed by atoms with Crippen LogP contribution in [-0.2, 0) is 9.59 Å². The van der Waals surface area contributed by atoms with Gasteiger partial charge in [0, 0.05) is 18.7 Å². The van der Waals surface area contributed by atoms with Crippen LogP contribution in [0, 0.1) is 5.92 Å². The molecule has 0 unspecified atom stereocenters. The third kappa shape index (κ3) is 3.33. The largest absolute Gasteiger partial charge is 0.486 e. The Bertz CT molecular complexity index is 630. The molecule has 0 spiro atoms. The predicted octanol–water partition coefficient (Wildman–Crippen LogP) is 0.988. The highest BCUT2D eigenvalue weighted by Crippen LogP contribution is 2.41. The van der Waals surface area contributed by atoms with Crippen molar-refractivity contribution in [3.8, 4) is 11.5 Å². The van der Waals surface area contributed by atoms with Gasteiger partial charge in [-0.05, 0) is 5.92 Å². The van der Waals surface area contributed by atoms with Gasteiger partial charge in [0.2, 0.25) is 11.8 Å². The lowest BCUT2D eigenvalue weighted by molar-refractivity contribution is -0.123. The van der Waals surface area contributed by atoms with E-state index in [9.17, 15) is 9.59 Å². The number of hydrogen-bond acceptors (Lipinski definition) is 5. The molecule has 0 saturated heterocycles. The highest BCUT2D eigenvalue weighted by atomic mass is 16.6. The van der Waals surface area contributed by atoms with E-state index in [4.69, 9.17) is 9.47 Å². The standard InChI is InChI=1S/C16H21N3O4/c1-10(2)7-18-15(20)9-19-12-6-14-13(22-3-4-23-14)5-11(12)17-8-16(19)21/h5-6,10,17H,3-4,7-9H2,1-2H3,(H,18,20). The lowest BCUT2D eigenvalue weighted by Crippen LogP contribution is -2.46. The van der Waals surface area contributed by atoms with Gasteiger partial charge in [-0.3, -0.25) is 14.5 Å². The summed E-state index contributed by atoms with van der Waals surface area (Å²) in [6, 6.07) is 3.57. The van der Waals surface area contributed by atoms with Crippen molar-refractivity contribution >= 4 is 23.2 Å². The van der Waals surface area contributed by atoms with Crippen molar-refractivity contribution in [1.29, 1.82) is 0 Å². The van der Waals surface area contributed by atoms with Crippen molar-refractivity contribution < 1.29 is 19.1 Å². The summed E-state index contributed by atoms with van der Waals surface area (Å²) in [7, 11) is 0. The van der Waals surface area contributed by atoms with Crippen LogP contribution >= 0.6 is 0 Å².